The smallest absolute Gasteiger partial charge is 0.350 e. The van der Waals surface area contributed by atoms with Crippen LogP contribution in [0.1, 0.15) is 33.4 Å². The molecular weight excluding hydrogens is 316 g/mol. The van der Waals surface area contributed by atoms with E-state index in [1.54, 1.807) is 11.6 Å². The molecule has 25 heavy (non-hydrogen) atoms. The molecule has 1 aromatic heterocycles. The van der Waals surface area contributed by atoms with Crippen molar-refractivity contribution in [2.24, 2.45) is 0 Å². The molecule has 2 aromatic rings. The number of carbonyl (C=O) groups is 1. The van der Waals surface area contributed by atoms with E-state index in [-0.39, 0.29) is 17.6 Å². The highest BCUT2D eigenvalue weighted by Crippen LogP contribution is 2.26. The van der Waals surface area contributed by atoms with Crippen LogP contribution in [0.2, 0.25) is 0 Å². The van der Waals surface area contributed by atoms with Crippen molar-refractivity contribution in [2.75, 3.05) is 11.9 Å². The molecule has 1 aromatic carbocycles. The Kier molecular flexibility index (Phi) is 5.60. The van der Waals surface area contributed by atoms with Crippen LogP contribution in [0.25, 0.3) is 5.69 Å². The molecule has 0 saturated heterocycles. The quantitative estimate of drug-likeness (QED) is 0.512. The zero-order chi connectivity index (χ0) is 18.4. The van der Waals surface area contributed by atoms with Gasteiger partial charge in [0.05, 0.1) is 18.0 Å². The Morgan fingerprint density at radius 1 is 1.36 bits per heavy atom. The maximum absolute atomic E-state index is 11.7. The molecule has 0 fully saturated rings. The maximum atomic E-state index is 11.7. The molecule has 0 spiro atoms. The van der Waals surface area contributed by atoms with Crippen LogP contribution in [0.5, 0.6) is 0 Å². The summed E-state index contributed by atoms with van der Waals surface area (Å²) >= 11 is 0. The summed E-state index contributed by atoms with van der Waals surface area (Å²) in [5, 5.41) is 16.8. The molecule has 0 aliphatic rings. The van der Waals surface area contributed by atoms with E-state index in [9.17, 15) is 4.79 Å². The summed E-state index contributed by atoms with van der Waals surface area (Å²) in [6.07, 6.45) is 1.35. The standard InChI is InChI=1S/C19H22N4O2/c1-5-25-18(24)14(12-20)13-21-17-11-16(19(2,3)4)22-23(17)15-9-7-6-8-10-15/h6-11,13,21H,5H2,1-4H3/b14-13+. The Balaban J connectivity index is 2.41. The minimum atomic E-state index is -0.653. The van der Waals surface area contributed by atoms with E-state index >= 15 is 0 Å². The van der Waals surface area contributed by atoms with Crippen molar-refractivity contribution in [3.05, 3.63) is 53.9 Å². The highest BCUT2D eigenvalue weighted by molar-refractivity contribution is 5.93. The second-order valence-corrected chi connectivity index (χ2v) is 6.45. The maximum Gasteiger partial charge on any atom is 0.350 e. The van der Waals surface area contributed by atoms with Crippen LogP contribution in [-0.4, -0.2) is 22.4 Å². The van der Waals surface area contributed by atoms with E-state index in [0.717, 1.165) is 11.4 Å². The third-order valence-corrected chi connectivity index (χ3v) is 3.46. The van der Waals surface area contributed by atoms with E-state index in [1.807, 2.05) is 42.5 Å². The molecule has 2 rings (SSSR count). The summed E-state index contributed by atoms with van der Waals surface area (Å²) in [6, 6.07) is 13.4. The van der Waals surface area contributed by atoms with Gasteiger partial charge in [-0.1, -0.05) is 39.0 Å². The molecule has 0 atom stereocenters. The number of hydrogen-bond donors (Lipinski definition) is 1. The minimum absolute atomic E-state index is 0.0972. The third-order valence-electron chi connectivity index (χ3n) is 3.46. The Hall–Kier alpha value is -3.07. The van der Waals surface area contributed by atoms with Gasteiger partial charge in [-0.2, -0.15) is 10.4 Å². The highest BCUT2D eigenvalue weighted by Gasteiger charge is 2.20. The molecule has 0 amide bonds. The zero-order valence-corrected chi connectivity index (χ0v) is 14.9. The van der Waals surface area contributed by atoms with E-state index in [2.05, 4.69) is 31.2 Å². The van der Waals surface area contributed by atoms with Crippen molar-refractivity contribution in [1.82, 2.24) is 9.78 Å². The summed E-state index contributed by atoms with van der Waals surface area (Å²) in [7, 11) is 0. The fraction of sp³-hybridized carbons (Fsp3) is 0.316. The predicted molar refractivity (Wildman–Crippen MR) is 96.2 cm³/mol. The molecule has 1 N–H and O–H groups in total. The average Bonchev–Trinajstić information content (AvgIpc) is 3.01. The first-order valence-electron chi connectivity index (χ1n) is 8.06. The third kappa shape index (κ3) is 4.48. The summed E-state index contributed by atoms with van der Waals surface area (Å²) in [5.41, 5.74) is 1.53. The Labute approximate surface area is 147 Å². The Morgan fingerprint density at radius 2 is 2.04 bits per heavy atom. The lowest BCUT2D eigenvalue weighted by Gasteiger charge is -2.14. The van der Waals surface area contributed by atoms with Gasteiger partial charge in [-0.25, -0.2) is 9.48 Å². The van der Waals surface area contributed by atoms with Crippen molar-refractivity contribution in [1.29, 1.82) is 5.26 Å². The number of anilines is 1. The van der Waals surface area contributed by atoms with Crippen molar-refractivity contribution >= 4 is 11.8 Å². The molecule has 130 valence electrons. The number of nitriles is 1. The van der Waals surface area contributed by atoms with Gasteiger partial charge in [-0.15, -0.1) is 0 Å². The van der Waals surface area contributed by atoms with Gasteiger partial charge in [0.25, 0.3) is 0 Å². The number of benzene rings is 1. The van der Waals surface area contributed by atoms with Crippen LogP contribution in [0, 0.1) is 11.3 Å². The molecule has 6 nitrogen and oxygen atoms in total. The van der Waals surface area contributed by atoms with Crippen molar-refractivity contribution in [3.63, 3.8) is 0 Å². The Morgan fingerprint density at radius 3 is 2.60 bits per heavy atom. The van der Waals surface area contributed by atoms with Gasteiger partial charge in [0.1, 0.15) is 11.9 Å². The summed E-state index contributed by atoms with van der Waals surface area (Å²) in [4.78, 5) is 11.7. The number of nitrogens with zero attached hydrogens (tertiary/aromatic N) is 3. The van der Waals surface area contributed by atoms with E-state index in [0.29, 0.717) is 5.82 Å². The normalized spacial score (nSPS) is 11.7. The van der Waals surface area contributed by atoms with Gasteiger partial charge in [0.2, 0.25) is 0 Å². The van der Waals surface area contributed by atoms with Crippen LogP contribution in [0.15, 0.2) is 48.2 Å². The lowest BCUT2D eigenvalue weighted by Crippen LogP contribution is -2.12. The molecule has 0 unspecified atom stereocenters. The van der Waals surface area contributed by atoms with Crippen LogP contribution in [0.4, 0.5) is 5.82 Å². The Bertz CT molecular complexity index is 808. The average molecular weight is 338 g/mol. The molecule has 0 saturated carbocycles. The molecule has 0 aliphatic carbocycles. The van der Waals surface area contributed by atoms with Crippen LogP contribution >= 0.6 is 0 Å². The largest absolute Gasteiger partial charge is 0.462 e. The molecule has 0 aliphatic heterocycles. The lowest BCUT2D eigenvalue weighted by molar-refractivity contribution is -0.138. The molecule has 0 radical (unpaired) electrons. The SMILES string of the molecule is CCOC(=O)/C(C#N)=C/Nc1cc(C(C)(C)C)nn1-c1ccccc1. The van der Waals surface area contributed by atoms with Gasteiger partial charge >= 0.3 is 5.97 Å². The van der Waals surface area contributed by atoms with Gasteiger partial charge in [-0.05, 0) is 19.1 Å². The van der Waals surface area contributed by atoms with Gasteiger partial charge in [-0.3, -0.25) is 0 Å². The van der Waals surface area contributed by atoms with Crippen molar-refractivity contribution in [2.45, 2.75) is 33.1 Å². The number of ether oxygens (including phenoxy) is 1. The van der Waals surface area contributed by atoms with E-state index < -0.39 is 5.97 Å². The van der Waals surface area contributed by atoms with Crippen LogP contribution < -0.4 is 5.32 Å². The van der Waals surface area contributed by atoms with Crippen molar-refractivity contribution < 1.29 is 9.53 Å². The number of para-hydroxylation sites is 1. The lowest BCUT2D eigenvalue weighted by atomic mass is 9.92. The molecular formula is C19H22N4O2. The number of esters is 1. The summed E-state index contributed by atoms with van der Waals surface area (Å²) < 4.78 is 6.61. The topological polar surface area (TPSA) is 79.9 Å². The first kappa shape index (κ1) is 18.3. The zero-order valence-electron chi connectivity index (χ0n) is 14.9. The molecule has 6 heteroatoms. The van der Waals surface area contributed by atoms with Gasteiger partial charge < -0.3 is 10.1 Å². The second kappa shape index (κ2) is 7.67. The van der Waals surface area contributed by atoms with E-state index in [1.165, 1.54) is 6.20 Å². The van der Waals surface area contributed by atoms with Crippen LogP contribution in [0.3, 0.4) is 0 Å². The van der Waals surface area contributed by atoms with Gasteiger partial charge in [0.15, 0.2) is 5.57 Å². The molecule has 1 heterocycles. The fourth-order valence-corrected chi connectivity index (χ4v) is 2.11. The summed E-state index contributed by atoms with van der Waals surface area (Å²) in [5.74, 6) is 0.00694. The number of nitrogens with one attached hydrogen (secondary N) is 1. The first-order valence-corrected chi connectivity index (χ1v) is 8.06. The highest BCUT2D eigenvalue weighted by atomic mass is 16.5. The van der Waals surface area contributed by atoms with Crippen molar-refractivity contribution in [3.8, 4) is 11.8 Å². The monoisotopic (exact) mass is 338 g/mol. The number of hydrogen-bond acceptors (Lipinski definition) is 5. The predicted octanol–water partition coefficient (Wildman–Crippen LogP) is 3.55. The second-order valence-electron chi connectivity index (χ2n) is 6.45. The van der Waals surface area contributed by atoms with Gasteiger partial charge in [0, 0.05) is 17.7 Å². The number of aromatic nitrogens is 2. The van der Waals surface area contributed by atoms with E-state index in [4.69, 9.17) is 10.00 Å². The number of carbonyl (C=O) groups excluding carboxylic acids is 1. The van der Waals surface area contributed by atoms with Crippen LogP contribution in [-0.2, 0) is 14.9 Å². The number of rotatable bonds is 5. The summed E-state index contributed by atoms with van der Waals surface area (Å²) in [6.45, 7) is 8.13. The minimum Gasteiger partial charge on any atom is -0.462 e. The fourth-order valence-electron chi connectivity index (χ4n) is 2.11. The first-order chi connectivity index (χ1) is 11.9. The molecule has 0 bridgehead atoms.